The third-order valence-electron chi connectivity index (χ3n) is 8.69. The van der Waals surface area contributed by atoms with E-state index in [0.717, 1.165) is 25.9 Å². The van der Waals surface area contributed by atoms with Crippen molar-refractivity contribution in [2.75, 3.05) is 4.90 Å². The Morgan fingerprint density at radius 3 is 2.57 bits per heavy atom. The first-order valence-corrected chi connectivity index (χ1v) is 18.3. The van der Waals surface area contributed by atoms with Gasteiger partial charge in [0.1, 0.15) is 11.8 Å². The SMILES string of the molecule is C[C@@H]1[C@@H]([Si](C)(C)F)[C@H](CCn2cc([C@H](O)c3ccccc3)nn2)O[C@@]12C(=O)N(Cc1cccc(I)c1)c1ccccc12. The van der Waals surface area contributed by atoms with Gasteiger partial charge in [-0.1, -0.05) is 72.8 Å². The Bertz CT molecular complexity index is 1600. The molecule has 0 bridgehead atoms. The second-order valence-electron chi connectivity index (χ2n) is 11.8. The van der Waals surface area contributed by atoms with Gasteiger partial charge in [0.2, 0.25) is 8.41 Å². The lowest BCUT2D eigenvalue weighted by molar-refractivity contribution is -0.146. The molecule has 5 atom stereocenters. The molecule has 7 nitrogen and oxygen atoms in total. The van der Waals surface area contributed by atoms with Crippen molar-refractivity contribution < 1.29 is 18.7 Å². The molecule has 1 amide bonds. The monoisotopic (exact) mass is 696 g/mol. The largest absolute Gasteiger partial charge is 0.382 e. The van der Waals surface area contributed by atoms with Gasteiger partial charge in [0, 0.05) is 27.1 Å². The number of carbonyl (C=O) groups excluding carboxylic acids is 1. The maximum Gasteiger partial charge on any atom is 0.264 e. The van der Waals surface area contributed by atoms with Crippen LogP contribution in [0, 0.1) is 9.49 Å². The molecule has 1 N–H and O–H groups in total. The van der Waals surface area contributed by atoms with Crippen LogP contribution < -0.4 is 4.90 Å². The molecular weight excluding hydrogens is 662 g/mol. The third-order valence-corrected chi connectivity index (χ3v) is 11.8. The van der Waals surface area contributed by atoms with Crippen molar-refractivity contribution in [1.82, 2.24) is 15.0 Å². The number of benzene rings is 3. The zero-order chi connectivity index (χ0) is 29.6. The number of anilines is 1. The highest BCUT2D eigenvalue weighted by Gasteiger charge is 2.66. The minimum absolute atomic E-state index is 0.130. The van der Waals surface area contributed by atoms with Gasteiger partial charge in [-0.15, -0.1) is 5.10 Å². The standard InChI is InChI=1S/C32H34FIN4O3Si/c1-21-30(42(2,3)33)28(16-17-37-20-26(35-36-37)29(39)23-11-5-4-6-12-23)41-32(21)25-14-7-8-15-27(25)38(31(32)40)19-22-10-9-13-24(34)18-22/h4-15,18,20-21,28-30,39H,16-17,19H2,1-3H3/t21-,28+,29-,30-,32+/m1/s1. The van der Waals surface area contributed by atoms with Crippen LogP contribution in [0.3, 0.4) is 0 Å². The molecule has 0 unspecified atom stereocenters. The fraction of sp³-hybridized carbons (Fsp3) is 0.344. The van der Waals surface area contributed by atoms with Gasteiger partial charge in [-0.2, -0.15) is 0 Å². The van der Waals surface area contributed by atoms with Gasteiger partial charge in [-0.25, -0.2) is 0 Å². The van der Waals surface area contributed by atoms with Crippen molar-refractivity contribution in [3.63, 3.8) is 0 Å². The van der Waals surface area contributed by atoms with E-state index < -0.39 is 31.8 Å². The highest BCUT2D eigenvalue weighted by molar-refractivity contribution is 14.1. The number of aryl methyl sites for hydroxylation is 1. The number of aromatic nitrogens is 3. The lowest BCUT2D eigenvalue weighted by Crippen LogP contribution is -2.45. The molecule has 0 radical (unpaired) electrons. The number of nitrogens with zero attached hydrogens (tertiary/aromatic N) is 4. The first-order valence-electron chi connectivity index (χ1n) is 14.3. The van der Waals surface area contributed by atoms with Crippen LogP contribution in [0.15, 0.2) is 85.1 Å². The molecule has 218 valence electrons. The fourth-order valence-corrected chi connectivity index (χ4v) is 10.0. The number of carbonyl (C=O) groups is 1. The average Bonchev–Trinajstić information content (AvgIpc) is 3.63. The number of aliphatic hydroxyl groups is 1. The van der Waals surface area contributed by atoms with Gasteiger partial charge in [-0.05, 0) is 71.4 Å². The molecule has 0 aliphatic carbocycles. The van der Waals surface area contributed by atoms with E-state index in [9.17, 15) is 9.90 Å². The third kappa shape index (κ3) is 5.12. The Balaban J connectivity index is 1.28. The quantitative estimate of drug-likeness (QED) is 0.132. The van der Waals surface area contributed by atoms with Gasteiger partial charge in [0.15, 0.2) is 5.60 Å². The molecule has 3 aromatic carbocycles. The van der Waals surface area contributed by atoms with E-state index in [1.165, 1.54) is 0 Å². The van der Waals surface area contributed by atoms with Crippen molar-refractivity contribution in [3.05, 3.63) is 111 Å². The zero-order valence-corrected chi connectivity index (χ0v) is 27.0. The van der Waals surface area contributed by atoms with Gasteiger partial charge >= 0.3 is 0 Å². The molecule has 1 fully saturated rings. The minimum atomic E-state index is -3.28. The predicted octanol–water partition coefficient (Wildman–Crippen LogP) is 6.38. The first kappa shape index (κ1) is 29.2. The lowest BCUT2D eigenvalue weighted by atomic mass is 9.82. The highest BCUT2D eigenvalue weighted by atomic mass is 127. The smallest absolute Gasteiger partial charge is 0.264 e. The first-order chi connectivity index (χ1) is 20.1. The Labute approximate surface area is 260 Å². The summed E-state index contributed by atoms with van der Waals surface area (Å²) in [5, 5.41) is 19.2. The van der Waals surface area contributed by atoms with E-state index in [1.807, 2.05) is 79.7 Å². The molecule has 6 rings (SSSR count). The number of rotatable bonds is 8. The summed E-state index contributed by atoms with van der Waals surface area (Å²) in [7, 11) is -3.28. The molecule has 2 aliphatic heterocycles. The Morgan fingerprint density at radius 1 is 1.10 bits per heavy atom. The summed E-state index contributed by atoms with van der Waals surface area (Å²) < 4.78 is 25.7. The van der Waals surface area contributed by atoms with Crippen LogP contribution in [-0.4, -0.2) is 40.5 Å². The molecule has 42 heavy (non-hydrogen) atoms. The Kier molecular flexibility index (Phi) is 7.84. The molecule has 1 saturated heterocycles. The van der Waals surface area contributed by atoms with E-state index in [1.54, 1.807) is 28.9 Å². The van der Waals surface area contributed by atoms with Crippen molar-refractivity contribution in [3.8, 4) is 0 Å². The van der Waals surface area contributed by atoms with Crippen molar-refractivity contribution >= 4 is 42.6 Å². The topological polar surface area (TPSA) is 80.5 Å². The number of halogens is 2. The number of fused-ring (bicyclic) bond motifs is 2. The van der Waals surface area contributed by atoms with E-state index >= 15 is 4.11 Å². The lowest BCUT2D eigenvalue weighted by Gasteiger charge is -2.31. The number of hydrogen-bond donors (Lipinski definition) is 1. The van der Waals surface area contributed by atoms with Crippen molar-refractivity contribution in [2.45, 2.75) is 62.9 Å². The molecule has 10 heteroatoms. The Hall–Kier alpha value is -2.93. The molecule has 0 saturated carbocycles. The Morgan fingerprint density at radius 2 is 1.83 bits per heavy atom. The van der Waals surface area contributed by atoms with Crippen LogP contribution >= 0.6 is 22.6 Å². The predicted molar refractivity (Wildman–Crippen MR) is 170 cm³/mol. The number of hydrogen-bond acceptors (Lipinski definition) is 5. The number of ether oxygens (including phenoxy) is 1. The summed E-state index contributed by atoms with van der Waals surface area (Å²) in [5.41, 5.74) is 2.20. The maximum atomic E-state index is 16.1. The summed E-state index contributed by atoms with van der Waals surface area (Å²) in [6.07, 6.45) is 0.821. The molecule has 1 aromatic heterocycles. The van der Waals surface area contributed by atoms with Gasteiger partial charge in [0.05, 0.1) is 24.5 Å². The van der Waals surface area contributed by atoms with Crippen molar-refractivity contribution in [2.24, 2.45) is 5.92 Å². The molecule has 4 aromatic rings. The van der Waals surface area contributed by atoms with Gasteiger partial charge < -0.3 is 18.9 Å². The molecular formula is C32H34FIN4O3Si. The van der Waals surface area contributed by atoms with E-state index in [-0.39, 0.29) is 11.8 Å². The minimum Gasteiger partial charge on any atom is -0.382 e. The summed E-state index contributed by atoms with van der Waals surface area (Å²) in [5.74, 6) is -0.482. The van der Waals surface area contributed by atoms with Gasteiger partial charge in [0.25, 0.3) is 5.91 Å². The second kappa shape index (κ2) is 11.3. The molecule has 3 heterocycles. The van der Waals surface area contributed by atoms with Crippen LogP contribution in [-0.2, 0) is 28.2 Å². The van der Waals surface area contributed by atoms with Crippen LogP contribution in [0.2, 0.25) is 18.6 Å². The molecule has 2 aliphatic rings. The average molecular weight is 697 g/mol. The van der Waals surface area contributed by atoms with E-state index in [2.05, 4.69) is 39.0 Å². The summed E-state index contributed by atoms with van der Waals surface area (Å²) in [6.45, 7) is 6.24. The number of para-hydroxylation sites is 1. The van der Waals surface area contributed by atoms with Crippen LogP contribution in [0.5, 0.6) is 0 Å². The van der Waals surface area contributed by atoms with E-state index in [0.29, 0.717) is 25.2 Å². The van der Waals surface area contributed by atoms with E-state index in [4.69, 9.17) is 4.74 Å². The van der Waals surface area contributed by atoms with Crippen molar-refractivity contribution in [1.29, 1.82) is 0 Å². The van der Waals surface area contributed by atoms with Crippen LogP contribution in [0.25, 0.3) is 0 Å². The maximum absolute atomic E-state index is 16.1. The van der Waals surface area contributed by atoms with Crippen LogP contribution in [0.4, 0.5) is 9.80 Å². The summed E-state index contributed by atoms with van der Waals surface area (Å²) in [6, 6.07) is 25.2. The number of aliphatic hydroxyl groups excluding tert-OH is 1. The summed E-state index contributed by atoms with van der Waals surface area (Å²) >= 11 is 2.28. The second-order valence-corrected chi connectivity index (χ2v) is 16.9. The number of amides is 1. The zero-order valence-electron chi connectivity index (χ0n) is 23.8. The molecule has 1 spiro atoms. The highest BCUT2D eigenvalue weighted by Crippen LogP contribution is 2.60. The normalized spacial score (nSPS) is 24.4. The van der Waals surface area contributed by atoms with Crippen LogP contribution in [0.1, 0.15) is 41.8 Å². The fourth-order valence-electron chi connectivity index (χ4n) is 6.86. The summed E-state index contributed by atoms with van der Waals surface area (Å²) in [4.78, 5) is 16.2. The van der Waals surface area contributed by atoms with Gasteiger partial charge in [-0.3, -0.25) is 9.48 Å².